The van der Waals surface area contributed by atoms with Crippen LogP contribution in [0.5, 0.6) is 0 Å². The zero-order valence-electron chi connectivity index (χ0n) is 15.0. The molecule has 0 N–H and O–H groups in total. The fourth-order valence-electron chi connectivity index (χ4n) is 3.24. The topological polar surface area (TPSA) is 58.4 Å². The SMILES string of the molecule is Cc1ccnn1-c1ccc(C(=O)N2CCN(C(=O)c3cccs3)CC2)cc1. The molecule has 0 atom stereocenters. The third kappa shape index (κ3) is 3.50. The Balaban J connectivity index is 1.39. The fraction of sp³-hybridized carbons (Fsp3) is 0.250. The normalized spacial score (nSPS) is 14.4. The highest BCUT2D eigenvalue weighted by Gasteiger charge is 2.25. The first-order valence-electron chi connectivity index (χ1n) is 8.86. The van der Waals surface area contributed by atoms with Crippen molar-refractivity contribution in [2.24, 2.45) is 0 Å². The highest BCUT2D eigenvalue weighted by atomic mass is 32.1. The van der Waals surface area contributed by atoms with Crippen molar-refractivity contribution in [3.05, 3.63) is 70.2 Å². The third-order valence-corrected chi connectivity index (χ3v) is 5.63. The molecule has 0 bridgehead atoms. The lowest BCUT2D eigenvalue weighted by atomic mass is 10.1. The molecule has 6 nitrogen and oxygen atoms in total. The zero-order valence-corrected chi connectivity index (χ0v) is 15.9. The molecule has 1 aromatic carbocycles. The summed E-state index contributed by atoms with van der Waals surface area (Å²) < 4.78 is 1.84. The first kappa shape index (κ1) is 17.5. The van der Waals surface area contributed by atoms with E-state index in [0.717, 1.165) is 16.3 Å². The van der Waals surface area contributed by atoms with Crippen molar-refractivity contribution < 1.29 is 9.59 Å². The van der Waals surface area contributed by atoms with Gasteiger partial charge in [-0.15, -0.1) is 11.3 Å². The number of carbonyl (C=O) groups is 2. The second-order valence-electron chi connectivity index (χ2n) is 6.49. The average Bonchev–Trinajstić information content (AvgIpc) is 3.39. The van der Waals surface area contributed by atoms with E-state index in [4.69, 9.17) is 0 Å². The van der Waals surface area contributed by atoms with Crippen molar-refractivity contribution in [1.82, 2.24) is 19.6 Å². The summed E-state index contributed by atoms with van der Waals surface area (Å²) in [6.07, 6.45) is 1.76. The van der Waals surface area contributed by atoms with Crippen LogP contribution in [-0.2, 0) is 0 Å². The summed E-state index contributed by atoms with van der Waals surface area (Å²) in [4.78, 5) is 29.6. The summed E-state index contributed by atoms with van der Waals surface area (Å²) in [6.45, 7) is 4.22. The summed E-state index contributed by atoms with van der Waals surface area (Å²) >= 11 is 1.45. The van der Waals surface area contributed by atoms with Gasteiger partial charge in [0.15, 0.2) is 0 Å². The molecule has 7 heteroatoms. The molecule has 138 valence electrons. The lowest BCUT2D eigenvalue weighted by Crippen LogP contribution is -2.50. The number of carbonyl (C=O) groups excluding carboxylic acids is 2. The van der Waals surface area contributed by atoms with Gasteiger partial charge in [0, 0.05) is 43.6 Å². The van der Waals surface area contributed by atoms with Crippen LogP contribution >= 0.6 is 11.3 Å². The number of aryl methyl sites for hydroxylation is 1. The summed E-state index contributed by atoms with van der Waals surface area (Å²) in [5.74, 6) is 0.0537. The molecule has 1 aliphatic rings. The van der Waals surface area contributed by atoms with Crippen LogP contribution in [-0.4, -0.2) is 57.6 Å². The Kier molecular flexibility index (Phi) is 4.77. The Morgan fingerprint density at radius 2 is 1.59 bits per heavy atom. The second kappa shape index (κ2) is 7.36. The first-order chi connectivity index (χ1) is 13.1. The maximum absolute atomic E-state index is 12.8. The molecule has 3 aromatic rings. The van der Waals surface area contributed by atoms with E-state index in [1.54, 1.807) is 6.20 Å². The lowest BCUT2D eigenvalue weighted by molar-refractivity contribution is 0.0538. The van der Waals surface area contributed by atoms with Crippen LogP contribution in [0, 0.1) is 6.92 Å². The zero-order chi connectivity index (χ0) is 18.8. The molecule has 0 aliphatic carbocycles. The van der Waals surface area contributed by atoms with Crippen LogP contribution in [0.25, 0.3) is 5.69 Å². The molecule has 2 amide bonds. The quantitative estimate of drug-likeness (QED) is 0.702. The van der Waals surface area contributed by atoms with Crippen LogP contribution in [0.1, 0.15) is 25.7 Å². The number of benzene rings is 1. The maximum Gasteiger partial charge on any atom is 0.264 e. The van der Waals surface area contributed by atoms with Gasteiger partial charge in [0.1, 0.15) is 0 Å². The summed E-state index contributed by atoms with van der Waals surface area (Å²) in [5, 5.41) is 6.19. The predicted octanol–water partition coefficient (Wildman–Crippen LogP) is 2.84. The molecule has 1 saturated heterocycles. The second-order valence-corrected chi connectivity index (χ2v) is 7.44. The van der Waals surface area contributed by atoms with Gasteiger partial charge < -0.3 is 9.80 Å². The molecule has 27 heavy (non-hydrogen) atoms. The van der Waals surface area contributed by atoms with Crippen LogP contribution in [0.2, 0.25) is 0 Å². The van der Waals surface area contributed by atoms with Gasteiger partial charge in [0.05, 0.1) is 10.6 Å². The van der Waals surface area contributed by atoms with Crippen molar-refractivity contribution in [2.75, 3.05) is 26.2 Å². The molecule has 1 aliphatic heterocycles. The number of thiophene rings is 1. The lowest BCUT2D eigenvalue weighted by Gasteiger charge is -2.34. The van der Waals surface area contributed by atoms with Crippen molar-refractivity contribution in [3.8, 4) is 5.69 Å². The van der Waals surface area contributed by atoms with E-state index < -0.39 is 0 Å². The molecule has 0 spiro atoms. The van der Waals surface area contributed by atoms with E-state index in [2.05, 4.69) is 5.10 Å². The Bertz CT molecular complexity index is 939. The summed E-state index contributed by atoms with van der Waals surface area (Å²) in [5.41, 5.74) is 2.63. The number of rotatable bonds is 3. The highest BCUT2D eigenvalue weighted by molar-refractivity contribution is 7.12. The number of nitrogens with zero attached hydrogens (tertiary/aromatic N) is 4. The summed E-state index contributed by atoms with van der Waals surface area (Å²) in [6, 6.07) is 13.1. The van der Waals surface area contributed by atoms with Crippen molar-refractivity contribution >= 4 is 23.2 Å². The van der Waals surface area contributed by atoms with Gasteiger partial charge in [0.25, 0.3) is 11.8 Å². The standard InChI is InChI=1S/C20H20N4O2S/c1-15-8-9-21-24(15)17-6-4-16(5-7-17)19(25)22-10-12-23(13-11-22)20(26)18-3-2-14-27-18/h2-9,14H,10-13H2,1H3. The van der Waals surface area contributed by atoms with Gasteiger partial charge in [-0.2, -0.15) is 5.10 Å². The minimum Gasteiger partial charge on any atom is -0.335 e. The predicted molar refractivity (Wildman–Crippen MR) is 104 cm³/mol. The Hall–Kier alpha value is -2.93. The van der Waals surface area contributed by atoms with Crippen LogP contribution < -0.4 is 0 Å². The van der Waals surface area contributed by atoms with Gasteiger partial charge >= 0.3 is 0 Å². The molecule has 0 unspecified atom stereocenters. The third-order valence-electron chi connectivity index (χ3n) is 4.78. The monoisotopic (exact) mass is 380 g/mol. The first-order valence-corrected chi connectivity index (χ1v) is 9.74. The van der Waals surface area contributed by atoms with Gasteiger partial charge in [-0.05, 0) is 48.7 Å². The molecule has 3 heterocycles. The number of amides is 2. The van der Waals surface area contributed by atoms with Crippen molar-refractivity contribution in [2.45, 2.75) is 6.92 Å². The van der Waals surface area contributed by atoms with E-state index in [0.29, 0.717) is 31.7 Å². The average molecular weight is 380 g/mol. The Labute approximate surface area is 161 Å². The summed E-state index contributed by atoms with van der Waals surface area (Å²) in [7, 11) is 0. The highest BCUT2D eigenvalue weighted by Crippen LogP contribution is 2.16. The number of aromatic nitrogens is 2. The van der Waals surface area contributed by atoms with E-state index in [1.165, 1.54) is 11.3 Å². The number of hydrogen-bond donors (Lipinski definition) is 0. The van der Waals surface area contributed by atoms with Crippen molar-refractivity contribution in [1.29, 1.82) is 0 Å². The molecular formula is C20H20N4O2S. The molecule has 2 aromatic heterocycles. The van der Waals surface area contributed by atoms with E-state index in [-0.39, 0.29) is 11.8 Å². The number of hydrogen-bond acceptors (Lipinski definition) is 4. The van der Waals surface area contributed by atoms with Crippen molar-refractivity contribution in [3.63, 3.8) is 0 Å². The molecule has 4 rings (SSSR count). The largest absolute Gasteiger partial charge is 0.335 e. The fourth-order valence-corrected chi connectivity index (χ4v) is 3.93. The smallest absolute Gasteiger partial charge is 0.264 e. The van der Waals surface area contributed by atoms with Crippen LogP contribution in [0.4, 0.5) is 0 Å². The number of piperazine rings is 1. The van der Waals surface area contributed by atoms with Gasteiger partial charge in [-0.1, -0.05) is 6.07 Å². The van der Waals surface area contributed by atoms with Crippen LogP contribution in [0.3, 0.4) is 0 Å². The minimum absolute atomic E-state index is 0.00181. The van der Waals surface area contributed by atoms with Gasteiger partial charge in [0.2, 0.25) is 0 Å². The van der Waals surface area contributed by atoms with Gasteiger partial charge in [-0.25, -0.2) is 4.68 Å². The van der Waals surface area contributed by atoms with E-state index in [9.17, 15) is 9.59 Å². The molecule has 0 radical (unpaired) electrons. The maximum atomic E-state index is 12.8. The minimum atomic E-state index is 0.00181. The van der Waals surface area contributed by atoms with E-state index >= 15 is 0 Å². The molecular weight excluding hydrogens is 360 g/mol. The molecule has 0 saturated carbocycles. The Morgan fingerprint density at radius 1 is 0.926 bits per heavy atom. The Morgan fingerprint density at radius 3 is 2.15 bits per heavy atom. The van der Waals surface area contributed by atoms with Crippen LogP contribution in [0.15, 0.2) is 54.0 Å². The van der Waals surface area contributed by atoms with Gasteiger partial charge in [-0.3, -0.25) is 9.59 Å². The van der Waals surface area contributed by atoms with E-state index in [1.807, 2.05) is 69.2 Å². The molecule has 1 fully saturated rings.